The van der Waals surface area contributed by atoms with E-state index < -0.39 is 0 Å². The lowest BCUT2D eigenvalue weighted by Crippen LogP contribution is -2.26. The molecule has 3 nitrogen and oxygen atoms in total. The minimum atomic E-state index is 0.663. The van der Waals surface area contributed by atoms with Gasteiger partial charge in [0.15, 0.2) is 0 Å². The van der Waals surface area contributed by atoms with Crippen molar-refractivity contribution in [2.45, 2.75) is 24.1 Å². The molecule has 0 amide bonds. The summed E-state index contributed by atoms with van der Waals surface area (Å²) in [6.07, 6.45) is 7.26. The van der Waals surface area contributed by atoms with Gasteiger partial charge in [-0.1, -0.05) is 15.9 Å². The molecule has 1 aliphatic rings. The van der Waals surface area contributed by atoms with E-state index in [-0.39, 0.29) is 0 Å². The van der Waals surface area contributed by atoms with Crippen molar-refractivity contribution in [3.05, 3.63) is 18.5 Å². The van der Waals surface area contributed by atoms with Gasteiger partial charge in [0.25, 0.3) is 0 Å². The molecule has 4 heteroatoms. The minimum absolute atomic E-state index is 0.663. The van der Waals surface area contributed by atoms with Crippen molar-refractivity contribution in [1.82, 2.24) is 9.97 Å². The quantitative estimate of drug-likeness (QED) is 0.721. The minimum Gasteiger partial charge on any atom is -0.341 e. The Morgan fingerprint density at radius 1 is 1.21 bits per heavy atom. The van der Waals surface area contributed by atoms with Crippen LogP contribution in [0.4, 0.5) is 5.95 Å². The van der Waals surface area contributed by atoms with E-state index in [1.165, 1.54) is 19.3 Å². The zero-order valence-electron chi connectivity index (χ0n) is 8.06. The van der Waals surface area contributed by atoms with E-state index in [9.17, 15) is 0 Å². The van der Waals surface area contributed by atoms with Gasteiger partial charge < -0.3 is 4.90 Å². The van der Waals surface area contributed by atoms with Crippen molar-refractivity contribution >= 4 is 21.9 Å². The fourth-order valence-electron chi connectivity index (χ4n) is 1.71. The van der Waals surface area contributed by atoms with Gasteiger partial charge in [0.2, 0.25) is 5.95 Å². The second-order valence-corrected chi connectivity index (χ2v) is 4.86. The first-order valence-corrected chi connectivity index (χ1v) is 5.94. The van der Waals surface area contributed by atoms with Crippen LogP contribution in [0.2, 0.25) is 0 Å². The average molecular weight is 256 g/mol. The maximum absolute atomic E-state index is 4.27. The molecule has 0 saturated carbocycles. The zero-order chi connectivity index (χ0) is 9.80. The topological polar surface area (TPSA) is 29.0 Å². The van der Waals surface area contributed by atoms with Gasteiger partial charge in [-0.25, -0.2) is 9.97 Å². The van der Waals surface area contributed by atoms with E-state index in [2.05, 4.69) is 30.8 Å². The van der Waals surface area contributed by atoms with Crippen molar-refractivity contribution in [3.63, 3.8) is 0 Å². The molecule has 0 aliphatic carbocycles. The zero-order valence-corrected chi connectivity index (χ0v) is 9.65. The largest absolute Gasteiger partial charge is 0.341 e. The molecule has 76 valence electrons. The molecule has 1 fully saturated rings. The van der Waals surface area contributed by atoms with E-state index in [1.807, 2.05) is 6.07 Å². The SMILES string of the molecule is BrC1CCCN(c2ncccn2)CC1. The van der Waals surface area contributed by atoms with Gasteiger partial charge in [0.1, 0.15) is 0 Å². The Hall–Kier alpha value is -0.640. The Morgan fingerprint density at radius 3 is 2.79 bits per heavy atom. The van der Waals surface area contributed by atoms with E-state index in [0.29, 0.717) is 4.83 Å². The van der Waals surface area contributed by atoms with Gasteiger partial charge in [-0.3, -0.25) is 0 Å². The Balaban J connectivity index is 2.04. The molecule has 1 saturated heterocycles. The predicted molar refractivity (Wildman–Crippen MR) is 60.8 cm³/mol. The van der Waals surface area contributed by atoms with Crippen molar-refractivity contribution in [1.29, 1.82) is 0 Å². The average Bonchev–Trinajstić information content (AvgIpc) is 2.44. The number of anilines is 1. The monoisotopic (exact) mass is 255 g/mol. The van der Waals surface area contributed by atoms with Crippen LogP contribution in [0.25, 0.3) is 0 Å². The number of hydrogen-bond acceptors (Lipinski definition) is 3. The first-order valence-electron chi connectivity index (χ1n) is 5.02. The summed E-state index contributed by atoms with van der Waals surface area (Å²) in [7, 11) is 0. The molecule has 0 N–H and O–H groups in total. The van der Waals surface area contributed by atoms with E-state index in [4.69, 9.17) is 0 Å². The molecule has 1 aromatic heterocycles. The van der Waals surface area contributed by atoms with E-state index in [0.717, 1.165) is 19.0 Å². The lowest BCUT2D eigenvalue weighted by molar-refractivity contribution is 0.752. The molecule has 2 rings (SSSR count). The first kappa shape index (κ1) is 9.90. The molecule has 0 radical (unpaired) electrons. The summed E-state index contributed by atoms with van der Waals surface area (Å²) in [5.74, 6) is 0.870. The highest BCUT2D eigenvalue weighted by Crippen LogP contribution is 2.19. The summed E-state index contributed by atoms with van der Waals surface area (Å²) < 4.78 is 0. The molecule has 1 aliphatic heterocycles. The molecule has 14 heavy (non-hydrogen) atoms. The smallest absolute Gasteiger partial charge is 0.225 e. The molecular weight excluding hydrogens is 242 g/mol. The standard InChI is InChI=1S/C10H14BrN3/c11-9-3-1-7-14(8-4-9)10-12-5-2-6-13-10/h2,5-6,9H,1,3-4,7-8H2. The Kier molecular flexibility index (Phi) is 3.35. The summed E-state index contributed by atoms with van der Waals surface area (Å²) >= 11 is 3.67. The van der Waals surface area contributed by atoms with E-state index in [1.54, 1.807) is 12.4 Å². The predicted octanol–water partition coefficient (Wildman–Crippen LogP) is 2.23. The van der Waals surface area contributed by atoms with Crippen molar-refractivity contribution in [2.24, 2.45) is 0 Å². The molecule has 1 aromatic rings. The van der Waals surface area contributed by atoms with Crippen LogP contribution in [-0.4, -0.2) is 27.9 Å². The number of alkyl halides is 1. The summed E-state index contributed by atoms with van der Waals surface area (Å²) in [5, 5.41) is 0. The fraction of sp³-hybridized carbons (Fsp3) is 0.600. The summed E-state index contributed by atoms with van der Waals surface area (Å²) in [6, 6.07) is 1.86. The highest BCUT2D eigenvalue weighted by molar-refractivity contribution is 9.09. The number of nitrogens with zero attached hydrogens (tertiary/aromatic N) is 3. The van der Waals surface area contributed by atoms with Crippen LogP contribution in [0.5, 0.6) is 0 Å². The molecule has 2 heterocycles. The van der Waals surface area contributed by atoms with Crippen molar-refractivity contribution in [2.75, 3.05) is 18.0 Å². The third-order valence-electron chi connectivity index (χ3n) is 2.49. The first-order chi connectivity index (χ1) is 6.86. The van der Waals surface area contributed by atoms with E-state index >= 15 is 0 Å². The third-order valence-corrected chi connectivity index (χ3v) is 3.41. The van der Waals surface area contributed by atoms with Crippen LogP contribution in [-0.2, 0) is 0 Å². The Bertz CT molecular complexity index is 278. The van der Waals surface area contributed by atoms with Gasteiger partial charge >= 0.3 is 0 Å². The second kappa shape index (κ2) is 4.73. The van der Waals surface area contributed by atoms with Crippen LogP contribution in [0.15, 0.2) is 18.5 Å². The van der Waals surface area contributed by atoms with Crippen LogP contribution in [0, 0.1) is 0 Å². The maximum Gasteiger partial charge on any atom is 0.225 e. The molecular formula is C10H14BrN3. The molecule has 0 bridgehead atoms. The Labute approximate surface area is 92.7 Å². The fourth-order valence-corrected chi connectivity index (χ4v) is 2.24. The number of aromatic nitrogens is 2. The van der Waals surface area contributed by atoms with Crippen molar-refractivity contribution < 1.29 is 0 Å². The van der Waals surface area contributed by atoms with Gasteiger partial charge in [-0.2, -0.15) is 0 Å². The van der Waals surface area contributed by atoms with Crippen molar-refractivity contribution in [3.8, 4) is 0 Å². The van der Waals surface area contributed by atoms with Crippen LogP contribution in [0.1, 0.15) is 19.3 Å². The summed E-state index contributed by atoms with van der Waals surface area (Å²) in [5.41, 5.74) is 0. The normalized spacial score (nSPS) is 23.2. The van der Waals surface area contributed by atoms with Gasteiger partial charge in [-0.05, 0) is 25.3 Å². The molecule has 1 unspecified atom stereocenters. The van der Waals surface area contributed by atoms with Gasteiger partial charge in [0.05, 0.1) is 0 Å². The van der Waals surface area contributed by atoms with Gasteiger partial charge in [0, 0.05) is 30.3 Å². The molecule has 0 spiro atoms. The number of halogens is 1. The summed E-state index contributed by atoms with van der Waals surface area (Å²) in [4.78, 5) is 11.5. The van der Waals surface area contributed by atoms with Crippen LogP contribution >= 0.6 is 15.9 Å². The van der Waals surface area contributed by atoms with Gasteiger partial charge in [-0.15, -0.1) is 0 Å². The van der Waals surface area contributed by atoms with Crippen LogP contribution < -0.4 is 4.90 Å². The third kappa shape index (κ3) is 2.44. The lowest BCUT2D eigenvalue weighted by Gasteiger charge is -2.19. The molecule has 1 atom stereocenters. The highest BCUT2D eigenvalue weighted by Gasteiger charge is 2.16. The van der Waals surface area contributed by atoms with Crippen LogP contribution in [0.3, 0.4) is 0 Å². The number of rotatable bonds is 1. The maximum atomic E-state index is 4.27. The number of hydrogen-bond donors (Lipinski definition) is 0. The molecule has 0 aromatic carbocycles. The highest BCUT2D eigenvalue weighted by atomic mass is 79.9. The lowest BCUT2D eigenvalue weighted by atomic mass is 10.2. The second-order valence-electron chi connectivity index (χ2n) is 3.56. The summed E-state index contributed by atoms with van der Waals surface area (Å²) in [6.45, 7) is 2.13. The Morgan fingerprint density at radius 2 is 2.00 bits per heavy atom.